The van der Waals surface area contributed by atoms with Crippen molar-refractivity contribution in [3.63, 3.8) is 0 Å². The van der Waals surface area contributed by atoms with Crippen LogP contribution in [0.2, 0.25) is 0 Å². The van der Waals surface area contributed by atoms with Gasteiger partial charge in [0, 0.05) is 12.6 Å². The van der Waals surface area contributed by atoms with Crippen LogP contribution in [0.3, 0.4) is 0 Å². The number of sulfonamides is 1. The highest BCUT2D eigenvalue weighted by atomic mass is 32.2. The van der Waals surface area contributed by atoms with Crippen LogP contribution < -0.4 is 4.72 Å². The number of nitrogens with one attached hydrogen (secondary N) is 1. The molecule has 5 nitrogen and oxygen atoms in total. The third-order valence-electron chi connectivity index (χ3n) is 4.75. The average Bonchev–Trinajstić information content (AvgIpc) is 2.86. The van der Waals surface area contributed by atoms with E-state index in [9.17, 15) is 21.6 Å². The summed E-state index contributed by atoms with van der Waals surface area (Å²) in [4.78, 5) is -0.00706. The summed E-state index contributed by atoms with van der Waals surface area (Å²) in [5.74, 6) is 0. The van der Waals surface area contributed by atoms with Crippen molar-refractivity contribution in [2.75, 3.05) is 0 Å². The molecule has 0 amide bonds. The van der Waals surface area contributed by atoms with E-state index in [0.29, 0.717) is 0 Å². The summed E-state index contributed by atoms with van der Waals surface area (Å²) in [6.45, 7) is 6.64. The molecule has 0 aliphatic heterocycles. The van der Waals surface area contributed by atoms with E-state index in [-0.39, 0.29) is 34.3 Å². The zero-order chi connectivity index (χ0) is 18.3. The Morgan fingerprint density at radius 1 is 1.33 bits per heavy atom. The lowest BCUT2D eigenvalue weighted by Gasteiger charge is -2.27. The molecule has 0 bridgehead atoms. The first-order valence-corrected chi connectivity index (χ1v) is 9.45. The normalized spacial score (nSPS) is 21.4. The van der Waals surface area contributed by atoms with E-state index in [1.165, 1.54) is 13.8 Å². The van der Waals surface area contributed by atoms with E-state index in [1.807, 2.05) is 13.8 Å². The molecule has 1 N–H and O–H groups in total. The van der Waals surface area contributed by atoms with E-state index in [4.69, 9.17) is 0 Å². The second-order valence-corrected chi connectivity index (χ2v) is 8.79. The maximum Gasteiger partial charge on any atom is 0.390 e. The second kappa shape index (κ2) is 6.33. The fourth-order valence-corrected chi connectivity index (χ4v) is 5.16. The van der Waals surface area contributed by atoms with Crippen LogP contribution in [0, 0.1) is 19.3 Å². The van der Waals surface area contributed by atoms with E-state index in [1.54, 1.807) is 0 Å². The largest absolute Gasteiger partial charge is 0.390 e. The van der Waals surface area contributed by atoms with Gasteiger partial charge in [0.15, 0.2) is 0 Å². The van der Waals surface area contributed by atoms with Gasteiger partial charge in [-0.3, -0.25) is 4.68 Å². The Balaban J connectivity index is 2.26. The molecular weight excluding hydrogens is 343 g/mol. The van der Waals surface area contributed by atoms with Gasteiger partial charge in [-0.1, -0.05) is 20.3 Å². The summed E-state index contributed by atoms with van der Waals surface area (Å²) in [5.41, 5.74) is 0.319. The van der Waals surface area contributed by atoms with Crippen LogP contribution in [0.25, 0.3) is 0 Å². The van der Waals surface area contributed by atoms with Crippen LogP contribution in [0.4, 0.5) is 13.2 Å². The molecule has 0 radical (unpaired) electrons. The Morgan fingerprint density at radius 3 is 2.46 bits per heavy atom. The molecule has 1 saturated carbocycles. The highest BCUT2D eigenvalue weighted by molar-refractivity contribution is 7.89. The van der Waals surface area contributed by atoms with Crippen molar-refractivity contribution < 1.29 is 21.6 Å². The second-order valence-electron chi connectivity index (χ2n) is 7.14. The molecule has 9 heteroatoms. The lowest BCUT2D eigenvalue weighted by atomic mass is 9.88. The van der Waals surface area contributed by atoms with Crippen molar-refractivity contribution in [3.05, 3.63) is 11.4 Å². The number of alkyl halides is 3. The van der Waals surface area contributed by atoms with Crippen LogP contribution in [0.1, 0.15) is 50.9 Å². The quantitative estimate of drug-likeness (QED) is 0.868. The molecule has 1 unspecified atom stereocenters. The number of aryl methyl sites for hydroxylation is 2. The standard InChI is InChI=1S/C15H24F3N3O2S/c1-10-13(11(2)21(19-10)9-8-15(16,17)18)24(22,23)20-12-6-5-7-14(12,3)4/h12,20H,5-9H2,1-4H3. The van der Waals surface area contributed by atoms with Crippen molar-refractivity contribution in [2.24, 2.45) is 5.41 Å². The molecule has 1 aliphatic carbocycles. The van der Waals surface area contributed by atoms with Gasteiger partial charge in [0.25, 0.3) is 0 Å². The van der Waals surface area contributed by atoms with Crippen molar-refractivity contribution in [2.45, 2.75) is 77.0 Å². The molecule has 1 atom stereocenters. The summed E-state index contributed by atoms with van der Waals surface area (Å²) in [7, 11) is -3.82. The highest BCUT2D eigenvalue weighted by Crippen LogP contribution is 2.38. The van der Waals surface area contributed by atoms with Crippen LogP contribution in [-0.2, 0) is 16.6 Å². The summed E-state index contributed by atoms with van der Waals surface area (Å²) >= 11 is 0. The van der Waals surface area contributed by atoms with Gasteiger partial charge in [0.2, 0.25) is 10.0 Å². The van der Waals surface area contributed by atoms with Gasteiger partial charge in [-0.15, -0.1) is 0 Å². The minimum atomic E-state index is -4.31. The van der Waals surface area contributed by atoms with Crippen molar-refractivity contribution in [1.82, 2.24) is 14.5 Å². The number of hydrogen-bond acceptors (Lipinski definition) is 3. The first-order chi connectivity index (χ1) is 10.8. The zero-order valence-electron chi connectivity index (χ0n) is 14.4. The van der Waals surface area contributed by atoms with Gasteiger partial charge in [-0.2, -0.15) is 18.3 Å². The maximum atomic E-state index is 12.7. The highest BCUT2D eigenvalue weighted by Gasteiger charge is 2.38. The molecule has 1 fully saturated rings. The van der Waals surface area contributed by atoms with Crippen molar-refractivity contribution in [1.29, 1.82) is 0 Å². The van der Waals surface area contributed by atoms with E-state index >= 15 is 0 Å². The SMILES string of the molecule is Cc1nn(CCC(F)(F)F)c(C)c1S(=O)(=O)NC1CCCC1(C)C. The third-order valence-corrected chi connectivity index (χ3v) is 6.47. The van der Waals surface area contributed by atoms with Crippen LogP contribution in [-0.4, -0.2) is 30.4 Å². The van der Waals surface area contributed by atoms with E-state index < -0.39 is 22.6 Å². The first-order valence-electron chi connectivity index (χ1n) is 7.96. The van der Waals surface area contributed by atoms with Gasteiger partial charge < -0.3 is 0 Å². The Morgan fingerprint density at radius 2 is 1.96 bits per heavy atom. The lowest BCUT2D eigenvalue weighted by molar-refractivity contribution is -0.137. The molecule has 1 aromatic heterocycles. The minimum Gasteiger partial charge on any atom is -0.268 e. The van der Waals surface area contributed by atoms with Gasteiger partial charge in [0.05, 0.1) is 17.8 Å². The van der Waals surface area contributed by atoms with Gasteiger partial charge in [-0.05, 0) is 32.1 Å². The summed E-state index contributed by atoms with van der Waals surface area (Å²) < 4.78 is 66.5. The fourth-order valence-electron chi connectivity index (χ4n) is 3.31. The Hall–Kier alpha value is -1.09. The molecule has 1 heterocycles. The number of aromatic nitrogens is 2. The number of rotatable bonds is 5. The number of nitrogens with zero attached hydrogens (tertiary/aromatic N) is 2. The monoisotopic (exact) mass is 367 g/mol. The van der Waals surface area contributed by atoms with E-state index in [0.717, 1.165) is 23.9 Å². The molecule has 24 heavy (non-hydrogen) atoms. The van der Waals surface area contributed by atoms with Crippen LogP contribution >= 0.6 is 0 Å². The summed E-state index contributed by atoms with van der Waals surface area (Å²) in [6, 6.07) is -0.181. The fraction of sp³-hybridized carbons (Fsp3) is 0.800. The van der Waals surface area contributed by atoms with Gasteiger partial charge in [0.1, 0.15) is 4.90 Å². The predicted molar refractivity (Wildman–Crippen MR) is 84.1 cm³/mol. The van der Waals surface area contributed by atoms with Crippen LogP contribution in [0.15, 0.2) is 4.90 Å². The third kappa shape index (κ3) is 4.11. The van der Waals surface area contributed by atoms with Gasteiger partial charge in [-0.25, -0.2) is 13.1 Å². The maximum absolute atomic E-state index is 12.7. The summed E-state index contributed by atoms with van der Waals surface area (Å²) in [5, 5.41) is 3.99. The smallest absolute Gasteiger partial charge is 0.268 e. The zero-order valence-corrected chi connectivity index (χ0v) is 15.2. The average molecular weight is 367 g/mol. The van der Waals surface area contributed by atoms with Crippen LogP contribution in [0.5, 0.6) is 0 Å². The molecule has 0 saturated heterocycles. The topological polar surface area (TPSA) is 64.0 Å². The van der Waals surface area contributed by atoms with Crippen molar-refractivity contribution >= 4 is 10.0 Å². The lowest BCUT2D eigenvalue weighted by Crippen LogP contribution is -2.41. The number of halogens is 3. The van der Waals surface area contributed by atoms with Crippen molar-refractivity contribution in [3.8, 4) is 0 Å². The van der Waals surface area contributed by atoms with Gasteiger partial charge >= 0.3 is 6.18 Å². The Kier molecular flexibility index (Phi) is 5.07. The minimum absolute atomic E-state index is 0.00706. The Bertz CT molecular complexity index is 708. The molecular formula is C15H24F3N3O2S. The summed E-state index contributed by atoms with van der Waals surface area (Å²) in [6.07, 6.45) is -2.71. The molecule has 0 aromatic carbocycles. The Labute approximate surface area is 140 Å². The number of hydrogen-bond donors (Lipinski definition) is 1. The molecule has 0 spiro atoms. The molecule has 138 valence electrons. The molecule has 1 aromatic rings. The predicted octanol–water partition coefficient (Wildman–Crippen LogP) is 3.31. The first kappa shape index (κ1) is 19.2. The van der Waals surface area contributed by atoms with E-state index in [2.05, 4.69) is 9.82 Å². The molecule has 2 rings (SSSR count). The molecule has 1 aliphatic rings.